The van der Waals surface area contributed by atoms with Gasteiger partial charge in [0.15, 0.2) is 5.76 Å². The molecule has 4 aromatic rings. The van der Waals surface area contributed by atoms with Gasteiger partial charge in [0, 0.05) is 44.6 Å². The smallest absolute Gasteiger partial charge is 0.326 e. The zero-order valence-electron chi connectivity index (χ0n) is 26.0. The minimum Gasteiger partial charge on any atom is -0.497 e. The second-order valence-corrected chi connectivity index (χ2v) is 14.2. The molecule has 0 aliphatic carbocycles. The Morgan fingerprint density at radius 2 is 1.87 bits per heavy atom. The third kappa shape index (κ3) is 7.16. The number of ether oxygens (including phenoxy) is 3. The number of thiophene rings is 1. The van der Waals surface area contributed by atoms with Crippen LogP contribution in [0.15, 0.2) is 86.9 Å². The summed E-state index contributed by atoms with van der Waals surface area (Å²) in [6.45, 7) is 0.427. The predicted octanol–water partition coefficient (Wildman–Crippen LogP) is 3.68. The lowest BCUT2D eigenvalue weighted by Gasteiger charge is -2.35. The maximum atomic E-state index is 13.8. The van der Waals surface area contributed by atoms with Gasteiger partial charge in [0.25, 0.3) is 5.91 Å². The Morgan fingerprint density at radius 3 is 2.57 bits per heavy atom. The molecule has 2 aromatic carbocycles. The van der Waals surface area contributed by atoms with Crippen molar-refractivity contribution < 1.29 is 32.5 Å². The Balaban J connectivity index is 1.11. The summed E-state index contributed by atoms with van der Waals surface area (Å²) in [7, 11) is -2.41. The van der Waals surface area contributed by atoms with Gasteiger partial charge in [-0.15, -0.1) is 0 Å². The quantitative estimate of drug-likeness (QED) is 0.231. The Bertz CT molecular complexity index is 1860. The van der Waals surface area contributed by atoms with Crippen LogP contribution in [0.1, 0.15) is 36.8 Å². The van der Waals surface area contributed by atoms with Crippen LogP contribution in [0.5, 0.6) is 5.75 Å². The molecular weight excluding hydrogens is 645 g/mol. The molecule has 2 atom stereocenters. The van der Waals surface area contributed by atoms with Crippen molar-refractivity contribution in [1.82, 2.24) is 18.8 Å². The number of carbonyl (C=O) groups excluding carboxylic acids is 1. The second kappa shape index (κ2) is 14.4. The third-order valence-corrected chi connectivity index (χ3v) is 11.3. The van der Waals surface area contributed by atoms with E-state index in [0.29, 0.717) is 38.1 Å². The molecule has 14 heteroatoms. The number of piperidine rings is 1. The van der Waals surface area contributed by atoms with Crippen LogP contribution in [0.4, 0.5) is 0 Å². The van der Waals surface area contributed by atoms with Crippen LogP contribution in [-0.4, -0.2) is 91.0 Å². The minimum absolute atomic E-state index is 0.0113. The molecule has 12 nitrogen and oxygen atoms in total. The van der Waals surface area contributed by atoms with Crippen molar-refractivity contribution >= 4 is 38.3 Å². The summed E-state index contributed by atoms with van der Waals surface area (Å²) in [5.41, 5.74) is 2.54. The van der Waals surface area contributed by atoms with Gasteiger partial charge < -0.3 is 29.2 Å². The van der Waals surface area contributed by atoms with Gasteiger partial charge in [-0.3, -0.25) is 9.36 Å². The topological polar surface area (TPSA) is 143 Å². The summed E-state index contributed by atoms with van der Waals surface area (Å²) in [4.78, 5) is 31.2. The number of imidazole rings is 1. The molecule has 2 aliphatic heterocycles. The van der Waals surface area contributed by atoms with Crippen molar-refractivity contribution in [3.8, 4) is 5.75 Å². The molecule has 1 amide bonds. The number of likely N-dealkylation sites (tertiary alicyclic amines) is 1. The molecule has 2 aromatic heterocycles. The molecule has 0 spiro atoms. The average molecular weight is 683 g/mol. The molecule has 4 heterocycles. The monoisotopic (exact) mass is 682 g/mol. The lowest BCUT2D eigenvalue weighted by Crippen LogP contribution is -2.43. The number of nitrogens with zero attached hydrogens (tertiary/aromatic N) is 3. The molecule has 0 radical (unpaired) electrons. The van der Waals surface area contributed by atoms with Crippen LogP contribution in [0.25, 0.3) is 11.0 Å². The van der Waals surface area contributed by atoms with Gasteiger partial charge in [-0.05, 0) is 77.7 Å². The number of aromatic amines is 1. The summed E-state index contributed by atoms with van der Waals surface area (Å²) in [5, 5.41) is 13.6. The van der Waals surface area contributed by atoms with Crippen LogP contribution < -0.4 is 10.4 Å². The average Bonchev–Trinajstić information content (AvgIpc) is 3.75. The molecule has 0 bridgehead atoms. The van der Waals surface area contributed by atoms with E-state index in [1.165, 1.54) is 23.5 Å². The zero-order valence-corrected chi connectivity index (χ0v) is 27.6. The standard InChI is InChI=1S/C33H38N4O8S2/c1-43-26-6-8-27(9-7-26)47(41,42)36(15-17-38)16-18-44-31-21-24(23-12-19-46-22-23)20-30(45-31)32(39)35-13-10-25(11-14-35)37-29-5-3-2-4-28(29)34-33(37)40/h2-9,12,19-20,22,24-25,31,38H,10-11,13-18,21H2,1H3,(H,34,40)/t24-,31+/m1/s1. The molecule has 1 saturated heterocycles. The highest BCUT2D eigenvalue weighted by molar-refractivity contribution is 7.89. The molecule has 1 fully saturated rings. The summed E-state index contributed by atoms with van der Waals surface area (Å²) in [6, 6.07) is 15.6. The van der Waals surface area contributed by atoms with E-state index in [-0.39, 0.29) is 60.5 Å². The number of para-hydroxylation sites is 2. The van der Waals surface area contributed by atoms with Gasteiger partial charge in [0.05, 0.1) is 36.3 Å². The van der Waals surface area contributed by atoms with Crippen molar-refractivity contribution in [2.45, 2.75) is 42.4 Å². The number of H-pyrrole nitrogens is 1. The minimum atomic E-state index is -3.91. The lowest BCUT2D eigenvalue weighted by molar-refractivity contribution is -0.153. The van der Waals surface area contributed by atoms with E-state index in [1.807, 2.05) is 47.2 Å². The number of nitrogens with one attached hydrogen (secondary N) is 1. The number of aromatic nitrogens is 2. The highest BCUT2D eigenvalue weighted by Crippen LogP contribution is 2.34. The molecule has 0 unspecified atom stereocenters. The van der Waals surface area contributed by atoms with Gasteiger partial charge in [-0.2, -0.15) is 15.6 Å². The fraction of sp³-hybridized carbons (Fsp3) is 0.394. The number of sulfonamides is 1. The Labute approximate surface area is 276 Å². The summed E-state index contributed by atoms with van der Waals surface area (Å²) >= 11 is 1.56. The first-order valence-electron chi connectivity index (χ1n) is 15.5. The van der Waals surface area contributed by atoms with Crippen molar-refractivity contribution in [2.75, 3.05) is 46.5 Å². The van der Waals surface area contributed by atoms with Crippen molar-refractivity contribution in [2.24, 2.45) is 0 Å². The maximum Gasteiger partial charge on any atom is 0.326 e. The molecule has 6 rings (SSSR count). The predicted molar refractivity (Wildman–Crippen MR) is 177 cm³/mol. The molecule has 2 N–H and O–H groups in total. The Hall–Kier alpha value is -3.95. The molecule has 250 valence electrons. The summed E-state index contributed by atoms with van der Waals surface area (Å²) < 4.78 is 46.9. The lowest BCUT2D eigenvalue weighted by atomic mass is 9.95. The zero-order chi connectivity index (χ0) is 33.0. The normalized spacial score (nSPS) is 19.1. The van der Waals surface area contributed by atoms with Crippen LogP contribution in [0.3, 0.4) is 0 Å². The Kier molecular flexibility index (Phi) is 10.1. The molecule has 0 saturated carbocycles. The van der Waals surface area contributed by atoms with E-state index in [0.717, 1.165) is 16.6 Å². The number of hydrogen-bond donors (Lipinski definition) is 2. The highest BCUT2D eigenvalue weighted by atomic mass is 32.2. The van der Waals surface area contributed by atoms with Crippen molar-refractivity contribution in [3.05, 3.63) is 93.2 Å². The number of allylic oxidation sites excluding steroid dienone is 1. The van der Waals surface area contributed by atoms with Crippen LogP contribution in [0, 0.1) is 0 Å². The number of aliphatic hydroxyl groups is 1. The van der Waals surface area contributed by atoms with E-state index < -0.39 is 16.3 Å². The first kappa shape index (κ1) is 33.0. The number of amides is 1. The first-order chi connectivity index (χ1) is 22.8. The van der Waals surface area contributed by atoms with Gasteiger partial charge in [-0.25, -0.2) is 13.2 Å². The van der Waals surface area contributed by atoms with Gasteiger partial charge in [0.1, 0.15) is 5.75 Å². The summed E-state index contributed by atoms with van der Waals surface area (Å²) in [5.74, 6) is 0.353. The van der Waals surface area contributed by atoms with Crippen LogP contribution in [0.2, 0.25) is 0 Å². The van der Waals surface area contributed by atoms with E-state index in [1.54, 1.807) is 32.9 Å². The number of benzene rings is 2. The summed E-state index contributed by atoms with van der Waals surface area (Å²) in [6.07, 6.45) is 2.75. The second-order valence-electron chi connectivity index (χ2n) is 11.5. The third-order valence-electron chi connectivity index (χ3n) is 8.67. The first-order valence-corrected chi connectivity index (χ1v) is 17.9. The number of methoxy groups -OCH3 is 1. The fourth-order valence-corrected chi connectivity index (χ4v) is 8.34. The number of fused-ring (bicyclic) bond motifs is 1. The van der Waals surface area contributed by atoms with Gasteiger partial charge in [-0.1, -0.05) is 12.1 Å². The van der Waals surface area contributed by atoms with Crippen molar-refractivity contribution in [3.63, 3.8) is 0 Å². The van der Waals surface area contributed by atoms with E-state index in [9.17, 15) is 23.1 Å². The number of hydrogen-bond acceptors (Lipinski definition) is 9. The number of carbonyl (C=O) groups is 1. The number of rotatable bonds is 12. The molecule has 2 aliphatic rings. The maximum absolute atomic E-state index is 13.8. The number of aliphatic hydroxyl groups excluding tert-OH is 1. The van der Waals surface area contributed by atoms with Crippen molar-refractivity contribution in [1.29, 1.82) is 0 Å². The highest BCUT2D eigenvalue weighted by Gasteiger charge is 2.34. The van der Waals surface area contributed by atoms with Crippen LogP contribution >= 0.6 is 11.3 Å². The largest absolute Gasteiger partial charge is 0.497 e. The Morgan fingerprint density at radius 1 is 1.11 bits per heavy atom. The fourth-order valence-electron chi connectivity index (χ4n) is 6.20. The van der Waals surface area contributed by atoms with Crippen LogP contribution in [-0.2, 0) is 24.3 Å². The van der Waals surface area contributed by atoms with E-state index >= 15 is 0 Å². The van der Waals surface area contributed by atoms with Gasteiger partial charge in [0.2, 0.25) is 16.3 Å². The SMILES string of the molecule is COc1ccc(S(=O)(=O)N(CCO)CCO[C@@H]2C[C@H](c3ccsc3)C=C(C(=O)N3CCC(n4c(=O)[nH]c5ccccc54)CC3)O2)cc1. The van der Waals surface area contributed by atoms with E-state index in [4.69, 9.17) is 14.2 Å². The van der Waals surface area contributed by atoms with E-state index in [2.05, 4.69) is 4.98 Å². The van der Waals surface area contributed by atoms with Gasteiger partial charge >= 0.3 is 5.69 Å². The molecule has 47 heavy (non-hydrogen) atoms. The molecular formula is C33H38N4O8S2.